The number of ether oxygens (including phenoxy) is 1. The van der Waals surface area contributed by atoms with Gasteiger partial charge in [0.25, 0.3) is 11.6 Å². The number of nitrogens with one attached hydrogen (secondary N) is 4. The van der Waals surface area contributed by atoms with E-state index >= 15 is 0 Å². The number of carbonyl (C=O) groups is 5. The van der Waals surface area contributed by atoms with Gasteiger partial charge in [-0.15, -0.1) is 0 Å². The molecule has 214 valence electrons. The number of nitrogens with zero attached hydrogens (tertiary/aromatic N) is 1. The molecule has 0 radical (unpaired) electrons. The van der Waals surface area contributed by atoms with Crippen LogP contribution in [-0.4, -0.2) is 77.4 Å². The number of benzene rings is 1. The molecule has 39 heavy (non-hydrogen) atoms. The van der Waals surface area contributed by atoms with Crippen LogP contribution in [0.15, 0.2) is 18.2 Å². The zero-order valence-electron chi connectivity index (χ0n) is 21.6. The first-order valence-corrected chi connectivity index (χ1v) is 12.6. The van der Waals surface area contributed by atoms with Crippen LogP contribution in [0, 0.1) is 10.1 Å². The summed E-state index contributed by atoms with van der Waals surface area (Å²) in [6.07, 6.45) is 1.80. The Hall–Kier alpha value is -4.27. The quantitative estimate of drug-likeness (QED) is 0.125. The van der Waals surface area contributed by atoms with Crippen LogP contribution in [0.2, 0.25) is 0 Å². The van der Waals surface area contributed by atoms with Gasteiger partial charge < -0.3 is 36.8 Å². The number of nitro benzene ring substituents is 1. The van der Waals surface area contributed by atoms with Gasteiger partial charge in [0, 0.05) is 18.6 Å². The number of rotatable bonds is 10. The fourth-order valence-electron chi connectivity index (χ4n) is 3.88. The molecule has 0 aliphatic carbocycles. The van der Waals surface area contributed by atoms with Crippen molar-refractivity contribution in [3.63, 3.8) is 0 Å². The molecule has 0 aromatic heterocycles. The van der Waals surface area contributed by atoms with Gasteiger partial charge >= 0.3 is 5.97 Å². The van der Waals surface area contributed by atoms with E-state index in [4.69, 9.17) is 15.6 Å². The van der Waals surface area contributed by atoms with Crippen molar-refractivity contribution in [1.29, 1.82) is 0 Å². The second kappa shape index (κ2) is 15.2. The number of amides is 4. The number of hydrogen-bond acceptors (Lipinski definition) is 9. The summed E-state index contributed by atoms with van der Waals surface area (Å²) in [6, 6.07) is -0.0126. The third-order valence-corrected chi connectivity index (χ3v) is 5.91. The van der Waals surface area contributed by atoms with Crippen LogP contribution in [0.25, 0.3) is 0 Å². The van der Waals surface area contributed by atoms with Crippen molar-refractivity contribution in [2.45, 2.75) is 63.6 Å². The summed E-state index contributed by atoms with van der Waals surface area (Å²) in [5, 5.41) is 30.2. The third kappa shape index (κ3) is 9.52. The summed E-state index contributed by atoms with van der Waals surface area (Å²) < 4.78 is 5.66. The second-order valence-corrected chi connectivity index (χ2v) is 8.91. The lowest BCUT2D eigenvalue weighted by atomic mass is 10.0. The fraction of sp³-hybridized carbons (Fsp3) is 0.542. The number of nitrogens with two attached hydrogens (primary N) is 1. The molecule has 7 N–H and O–H groups in total. The average Bonchev–Trinajstić information content (AvgIpc) is 2.89. The van der Waals surface area contributed by atoms with Crippen molar-refractivity contribution in [1.82, 2.24) is 21.3 Å². The van der Waals surface area contributed by atoms with E-state index in [1.54, 1.807) is 6.92 Å². The summed E-state index contributed by atoms with van der Waals surface area (Å²) in [7, 11) is 0. The minimum Gasteiger partial charge on any atom is -0.493 e. The molecule has 1 heterocycles. The Morgan fingerprint density at radius 1 is 1.13 bits per heavy atom. The number of carboxylic acids is 1. The van der Waals surface area contributed by atoms with E-state index in [1.165, 1.54) is 6.07 Å². The van der Waals surface area contributed by atoms with Gasteiger partial charge in [0.05, 0.1) is 17.1 Å². The van der Waals surface area contributed by atoms with Crippen LogP contribution in [0.5, 0.6) is 5.75 Å². The molecular formula is C24H34N6O9. The Morgan fingerprint density at radius 2 is 1.82 bits per heavy atom. The molecular weight excluding hydrogens is 516 g/mol. The van der Waals surface area contributed by atoms with Crippen LogP contribution >= 0.6 is 0 Å². The van der Waals surface area contributed by atoms with Crippen molar-refractivity contribution in [3.8, 4) is 5.75 Å². The van der Waals surface area contributed by atoms with Gasteiger partial charge in [-0.3, -0.25) is 34.1 Å². The van der Waals surface area contributed by atoms with Gasteiger partial charge in [-0.1, -0.05) is 13.3 Å². The molecule has 0 saturated carbocycles. The number of unbranched alkanes of at least 4 members (excludes halogenated alkanes) is 1. The van der Waals surface area contributed by atoms with Crippen LogP contribution in [0.3, 0.4) is 0 Å². The van der Waals surface area contributed by atoms with Crippen LogP contribution < -0.4 is 31.7 Å². The van der Waals surface area contributed by atoms with Gasteiger partial charge in [0.1, 0.15) is 30.4 Å². The van der Waals surface area contributed by atoms with Gasteiger partial charge in [-0.05, 0) is 38.3 Å². The average molecular weight is 551 g/mol. The lowest BCUT2D eigenvalue weighted by Gasteiger charge is -2.26. The van der Waals surface area contributed by atoms with Gasteiger partial charge in [-0.2, -0.15) is 0 Å². The van der Waals surface area contributed by atoms with E-state index < -0.39 is 59.2 Å². The number of carbonyl (C=O) groups excluding carboxylic acids is 4. The number of aliphatic carboxylic acids is 1. The van der Waals surface area contributed by atoms with Gasteiger partial charge in [-0.25, -0.2) is 0 Å². The molecule has 0 spiro atoms. The maximum absolute atomic E-state index is 13.2. The molecule has 1 aliphatic rings. The molecule has 15 heteroatoms. The van der Waals surface area contributed by atoms with E-state index in [1.807, 2.05) is 0 Å². The smallest absolute Gasteiger partial charge is 0.322 e. The second-order valence-electron chi connectivity index (χ2n) is 8.91. The molecule has 0 saturated heterocycles. The number of fused-ring (bicyclic) bond motifs is 1. The molecule has 1 aromatic rings. The lowest BCUT2D eigenvalue weighted by Crippen LogP contribution is -2.57. The lowest BCUT2D eigenvalue weighted by molar-refractivity contribution is -0.384. The molecule has 1 aliphatic heterocycles. The zero-order valence-corrected chi connectivity index (χ0v) is 21.6. The zero-order chi connectivity index (χ0) is 28.9. The number of non-ortho nitro benzene ring substituents is 1. The van der Waals surface area contributed by atoms with Crippen LogP contribution in [0.1, 0.15) is 55.8 Å². The maximum atomic E-state index is 13.2. The van der Waals surface area contributed by atoms with E-state index in [-0.39, 0.29) is 42.9 Å². The maximum Gasteiger partial charge on any atom is 0.322 e. The standard InChI is InChI=1S/C24H34N6O9/c1-2-5-16-23(35)28-17(6-3-4-10-25)24(36)29-18(22(34)26-13-20(31)32)9-11-39-19-8-7-14(30(37)38)12-15(19)21(33)27-16/h7-8,12,16-18H,2-6,9-11,13,25H2,1H3,(H,26,34)(H,27,33)(H,28,35)(H,29,36)(H,31,32)/t16-,17-,18-/m0/s1. The number of hydrogen-bond donors (Lipinski definition) is 6. The minimum absolute atomic E-state index is 0.0403. The summed E-state index contributed by atoms with van der Waals surface area (Å²) in [5.74, 6) is -4.25. The molecule has 3 atom stereocenters. The van der Waals surface area contributed by atoms with Gasteiger partial charge in [0.2, 0.25) is 17.7 Å². The molecule has 0 fully saturated rings. The summed E-state index contributed by atoms with van der Waals surface area (Å²) >= 11 is 0. The third-order valence-electron chi connectivity index (χ3n) is 5.91. The molecule has 1 aromatic carbocycles. The largest absolute Gasteiger partial charge is 0.493 e. The monoisotopic (exact) mass is 550 g/mol. The normalized spacial score (nSPS) is 20.3. The van der Waals surface area contributed by atoms with E-state index in [0.717, 1.165) is 12.1 Å². The van der Waals surface area contributed by atoms with Gasteiger partial charge in [0.15, 0.2) is 0 Å². The van der Waals surface area contributed by atoms with E-state index in [0.29, 0.717) is 25.8 Å². The highest BCUT2D eigenvalue weighted by Crippen LogP contribution is 2.25. The fourth-order valence-corrected chi connectivity index (χ4v) is 3.88. The van der Waals surface area contributed by atoms with Crippen molar-refractivity contribution in [3.05, 3.63) is 33.9 Å². The topological polar surface area (TPSA) is 232 Å². The van der Waals surface area contributed by atoms with Crippen LogP contribution in [-0.2, 0) is 19.2 Å². The predicted molar refractivity (Wildman–Crippen MR) is 137 cm³/mol. The highest BCUT2D eigenvalue weighted by Gasteiger charge is 2.31. The molecule has 0 unspecified atom stereocenters. The molecule has 0 bridgehead atoms. The Kier molecular flexibility index (Phi) is 12.1. The van der Waals surface area contributed by atoms with Crippen LogP contribution in [0.4, 0.5) is 5.69 Å². The Balaban J connectivity index is 2.47. The molecule has 2 rings (SSSR count). The first kappa shape index (κ1) is 31.0. The predicted octanol–water partition coefficient (Wildman–Crippen LogP) is -0.425. The Labute approximate surface area is 224 Å². The Bertz CT molecular complexity index is 1080. The van der Waals surface area contributed by atoms with E-state index in [2.05, 4.69) is 21.3 Å². The highest BCUT2D eigenvalue weighted by atomic mass is 16.6. The van der Waals surface area contributed by atoms with E-state index in [9.17, 15) is 34.1 Å². The minimum atomic E-state index is -1.29. The summed E-state index contributed by atoms with van der Waals surface area (Å²) in [4.78, 5) is 73.7. The van der Waals surface area contributed by atoms with Crippen molar-refractivity contribution in [2.75, 3.05) is 19.7 Å². The number of nitro groups is 1. The first-order valence-electron chi connectivity index (χ1n) is 12.6. The van der Waals surface area contributed by atoms with Crippen molar-refractivity contribution in [2.24, 2.45) is 5.73 Å². The first-order chi connectivity index (χ1) is 18.6. The SMILES string of the molecule is CCC[C@@H]1NC(=O)c2cc([N+](=O)[O-])ccc2OCC[C@@H](C(=O)NCC(=O)O)NC(=O)[C@H](CCCCN)NC1=O. The molecule has 4 amide bonds. The molecule has 15 nitrogen and oxygen atoms in total. The summed E-state index contributed by atoms with van der Waals surface area (Å²) in [6.45, 7) is 1.25. The highest BCUT2D eigenvalue weighted by molar-refractivity contribution is 6.01. The van der Waals surface area contributed by atoms with Crippen molar-refractivity contribution >= 4 is 35.3 Å². The Morgan fingerprint density at radius 3 is 2.46 bits per heavy atom. The van der Waals surface area contributed by atoms with Crippen molar-refractivity contribution < 1.29 is 38.7 Å². The number of carboxylic acid groups (broad SMARTS) is 1. The summed E-state index contributed by atoms with van der Waals surface area (Å²) in [5.41, 5.74) is 4.99.